The molecule has 0 saturated heterocycles. The number of carbonyl (C=O) groups excluding carboxylic acids is 3. The molecule has 0 unspecified atom stereocenters. The van der Waals surface area contributed by atoms with Crippen LogP contribution in [-0.4, -0.2) is 30.9 Å². The summed E-state index contributed by atoms with van der Waals surface area (Å²) in [5, 5.41) is 5.24. The van der Waals surface area contributed by atoms with Crippen molar-refractivity contribution >= 4 is 23.5 Å². The summed E-state index contributed by atoms with van der Waals surface area (Å²) in [4.78, 5) is 34.6. The fraction of sp³-hybridized carbons (Fsp3) is 0.438. The van der Waals surface area contributed by atoms with Crippen LogP contribution in [0.4, 0.5) is 5.69 Å². The van der Waals surface area contributed by atoms with Crippen molar-refractivity contribution < 1.29 is 19.1 Å². The van der Waals surface area contributed by atoms with Crippen LogP contribution in [0.3, 0.4) is 0 Å². The van der Waals surface area contributed by atoms with E-state index in [4.69, 9.17) is 4.74 Å². The second-order valence-electron chi connectivity index (χ2n) is 4.72. The lowest BCUT2D eigenvalue weighted by atomic mass is 10.2. The summed E-state index contributed by atoms with van der Waals surface area (Å²) in [5.74, 6) is -0.881. The van der Waals surface area contributed by atoms with E-state index in [1.165, 1.54) is 0 Å². The molecule has 0 atom stereocenters. The van der Waals surface area contributed by atoms with Crippen molar-refractivity contribution in [1.29, 1.82) is 0 Å². The van der Waals surface area contributed by atoms with Gasteiger partial charge in [0.1, 0.15) is 6.54 Å². The molecule has 1 aromatic carbocycles. The molecule has 0 radical (unpaired) electrons. The summed E-state index contributed by atoms with van der Waals surface area (Å²) in [7, 11) is 0. The minimum atomic E-state index is -0.476. The van der Waals surface area contributed by atoms with E-state index in [1.807, 2.05) is 6.92 Å². The number of unbranched alkanes of at least 4 members (excludes halogenated alkanes) is 1. The van der Waals surface area contributed by atoms with Gasteiger partial charge in [-0.3, -0.25) is 14.4 Å². The molecule has 0 aliphatic rings. The van der Waals surface area contributed by atoms with Gasteiger partial charge in [-0.1, -0.05) is 13.3 Å². The number of carbonyl (C=O) groups is 3. The number of anilines is 1. The lowest BCUT2D eigenvalue weighted by Gasteiger charge is -2.07. The van der Waals surface area contributed by atoms with E-state index in [0.29, 0.717) is 17.7 Å². The van der Waals surface area contributed by atoms with E-state index >= 15 is 0 Å². The highest BCUT2D eigenvalue weighted by atomic mass is 16.5. The summed E-state index contributed by atoms with van der Waals surface area (Å²) in [6.45, 7) is 3.84. The van der Waals surface area contributed by atoms with Crippen molar-refractivity contribution in [3.05, 3.63) is 29.8 Å². The van der Waals surface area contributed by atoms with Crippen molar-refractivity contribution in [2.24, 2.45) is 0 Å². The van der Waals surface area contributed by atoms with Crippen molar-refractivity contribution in [2.75, 3.05) is 18.5 Å². The van der Waals surface area contributed by atoms with Crippen LogP contribution in [0.2, 0.25) is 0 Å². The zero-order chi connectivity index (χ0) is 16.4. The van der Waals surface area contributed by atoms with Gasteiger partial charge in [0.2, 0.25) is 5.91 Å². The van der Waals surface area contributed by atoms with Crippen LogP contribution in [0.1, 0.15) is 43.5 Å². The number of esters is 1. The molecule has 1 aromatic rings. The summed E-state index contributed by atoms with van der Waals surface area (Å²) >= 11 is 0. The quantitative estimate of drug-likeness (QED) is 0.720. The SMILES string of the molecule is CCCCC(=O)Nc1ccc(C(=O)NCC(=O)OCC)cc1. The Morgan fingerprint density at radius 2 is 1.77 bits per heavy atom. The summed E-state index contributed by atoms with van der Waals surface area (Å²) in [6.07, 6.45) is 2.30. The molecule has 0 bridgehead atoms. The molecule has 120 valence electrons. The Balaban J connectivity index is 2.48. The molecule has 6 nitrogen and oxygen atoms in total. The van der Waals surface area contributed by atoms with Crippen molar-refractivity contribution in [3.8, 4) is 0 Å². The maximum absolute atomic E-state index is 11.8. The van der Waals surface area contributed by atoms with E-state index < -0.39 is 5.97 Å². The molecule has 0 fully saturated rings. The standard InChI is InChI=1S/C16H22N2O4/c1-3-5-6-14(19)18-13-9-7-12(8-10-13)16(21)17-11-15(20)22-4-2/h7-10H,3-6,11H2,1-2H3,(H,17,21)(H,18,19). The molecule has 0 aromatic heterocycles. The smallest absolute Gasteiger partial charge is 0.325 e. The van der Waals surface area contributed by atoms with Crippen LogP contribution in [0.25, 0.3) is 0 Å². The zero-order valence-corrected chi connectivity index (χ0v) is 13.0. The van der Waals surface area contributed by atoms with Crippen LogP contribution in [-0.2, 0) is 14.3 Å². The largest absolute Gasteiger partial charge is 0.465 e. The second kappa shape index (κ2) is 9.55. The van der Waals surface area contributed by atoms with Gasteiger partial charge in [-0.25, -0.2) is 0 Å². The van der Waals surface area contributed by atoms with Crippen molar-refractivity contribution in [2.45, 2.75) is 33.1 Å². The van der Waals surface area contributed by atoms with Gasteiger partial charge < -0.3 is 15.4 Å². The van der Waals surface area contributed by atoms with E-state index in [-0.39, 0.29) is 25.0 Å². The average molecular weight is 306 g/mol. The number of ether oxygens (including phenoxy) is 1. The minimum Gasteiger partial charge on any atom is -0.465 e. The molecule has 0 spiro atoms. The van der Waals surface area contributed by atoms with Crippen LogP contribution < -0.4 is 10.6 Å². The Morgan fingerprint density at radius 1 is 1.09 bits per heavy atom. The zero-order valence-electron chi connectivity index (χ0n) is 13.0. The highest BCUT2D eigenvalue weighted by Crippen LogP contribution is 2.10. The Morgan fingerprint density at radius 3 is 2.36 bits per heavy atom. The Bertz CT molecular complexity index is 511. The van der Waals surface area contributed by atoms with Crippen LogP contribution >= 0.6 is 0 Å². The minimum absolute atomic E-state index is 0.0404. The maximum atomic E-state index is 11.8. The fourth-order valence-corrected chi connectivity index (χ4v) is 1.73. The molecule has 0 saturated carbocycles. The van der Waals surface area contributed by atoms with Gasteiger partial charge in [-0.2, -0.15) is 0 Å². The van der Waals surface area contributed by atoms with E-state index in [9.17, 15) is 14.4 Å². The lowest BCUT2D eigenvalue weighted by Crippen LogP contribution is -2.30. The highest BCUT2D eigenvalue weighted by molar-refractivity contribution is 5.97. The molecule has 0 aliphatic carbocycles. The van der Waals surface area contributed by atoms with Gasteiger partial charge in [0.15, 0.2) is 0 Å². The van der Waals surface area contributed by atoms with Gasteiger partial charge in [0.05, 0.1) is 6.61 Å². The van der Waals surface area contributed by atoms with Crippen LogP contribution in [0.5, 0.6) is 0 Å². The van der Waals surface area contributed by atoms with Gasteiger partial charge in [-0.05, 0) is 37.6 Å². The number of amides is 2. The predicted molar refractivity (Wildman–Crippen MR) is 83.6 cm³/mol. The van der Waals surface area contributed by atoms with Crippen molar-refractivity contribution in [3.63, 3.8) is 0 Å². The average Bonchev–Trinajstić information content (AvgIpc) is 2.51. The Labute approximate surface area is 130 Å². The number of hydrogen-bond acceptors (Lipinski definition) is 4. The van der Waals surface area contributed by atoms with Gasteiger partial charge in [0, 0.05) is 17.7 Å². The van der Waals surface area contributed by atoms with E-state index in [1.54, 1.807) is 31.2 Å². The number of rotatable bonds is 8. The van der Waals surface area contributed by atoms with Gasteiger partial charge in [-0.15, -0.1) is 0 Å². The summed E-state index contributed by atoms with van der Waals surface area (Å²) < 4.78 is 4.72. The number of hydrogen-bond donors (Lipinski definition) is 2. The van der Waals surface area contributed by atoms with Crippen LogP contribution in [0, 0.1) is 0 Å². The van der Waals surface area contributed by atoms with Gasteiger partial charge in [0.25, 0.3) is 5.91 Å². The number of benzene rings is 1. The molecule has 22 heavy (non-hydrogen) atoms. The number of nitrogens with one attached hydrogen (secondary N) is 2. The highest BCUT2D eigenvalue weighted by Gasteiger charge is 2.09. The first kappa shape index (κ1) is 17.7. The molecule has 6 heteroatoms. The normalized spacial score (nSPS) is 9.91. The molecule has 1 rings (SSSR count). The molecule has 2 amide bonds. The first-order valence-electron chi connectivity index (χ1n) is 7.40. The topological polar surface area (TPSA) is 84.5 Å². The first-order chi connectivity index (χ1) is 10.6. The fourth-order valence-electron chi connectivity index (χ4n) is 1.73. The van der Waals surface area contributed by atoms with E-state index in [2.05, 4.69) is 10.6 Å². The molecular formula is C16H22N2O4. The summed E-state index contributed by atoms with van der Waals surface area (Å²) in [6, 6.07) is 6.50. The predicted octanol–water partition coefficient (Wildman–Crippen LogP) is 2.11. The maximum Gasteiger partial charge on any atom is 0.325 e. The molecule has 0 heterocycles. The summed E-state index contributed by atoms with van der Waals surface area (Å²) in [5.41, 5.74) is 1.05. The monoisotopic (exact) mass is 306 g/mol. The Hall–Kier alpha value is -2.37. The molecule has 2 N–H and O–H groups in total. The van der Waals surface area contributed by atoms with E-state index in [0.717, 1.165) is 12.8 Å². The molecular weight excluding hydrogens is 284 g/mol. The van der Waals surface area contributed by atoms with Crippen molar-refractivity contribution in [1.82, 2.24) is 5.32 Å². The third-order valence-electron chi connectivity index (χ3n) is 2.89. The lowest BCUT2D eigenvalue weighted by molar-refractivity contribution is -0.141. The van der Waals surface area contributed by atoms with Crippen LogP contribution in [0.15, 0.2) is 24.3 Å². The third-order valence-corrected chi connectivity index (χ3v) is 2.89. The third kappa shape index (κ3) is 6.39. The molecule has 0 aliphatic heterocycles. The second-order valence-corrected chi connectivity index (χ2v) is 4.72. The Kier molecular flexibility index (Phi) is 7.67. The first-order valence-corrected chi connectivity index (χ1v) is 7.40. The van der Waals surface area contributed by atoms with Gasteiger partial charge >= 0.3 is 5.97 Å².